The molecule has 1 aromatic heterocycles. The summed E-state index contributed by atoms with van der Waals surface area (Å²) in [6, 6.07) is 21.7. The second kappa shape index (κ2) is 11.0. The van der Waals surface area contributed by atoms with Crippen LogP contribution >= 0.6 is 11.3 Å². The molecule has 9 heteroatoms. The van der Waals surface area contributed by atoms with Crippen molar-refractivity contribution in [2.24, 2.45) is 0 Å². The molecule has 0 atom stereocenters. The Labute approximate surface area is 227 Å². The number of rotatable bonds is 8. The first-order valence-corrected chi connectivity index (χ1v) is 14.5. The van der Waals surface area contributed by atoms with Crippen molar-refractivity contribution in [3.63, 3.8) is 0 Å². The third-order valence-electron chi connectivity index (χ3n) is 6.02. The van der Waals surface area contributed by atoms with Crippen molar-refractivity contribution in [3.05, 3.63) is 83.2 Å². The van der Waals surface area contributed by atoms with E-state index in [2.05, 4.69) is 36.1 Å². The fraction of sp³-hybridized carbons (Fsp3) is 0.241. The molecule has 0 unspecified atom stereocenters. The number of anilines is 1. The van der Waals surface area contributed by atoms with Crippen molar-refractivity contribution in [2.75, 3.05) is 17.8 Å². The first kappa shape index (κ1) is 27.3. The standard InChI is InChI=1S/C29H31N3O4S2/c1-19(33)30-16-17-31-28(34)27-26(20-8-6-5-7-9-20)24-18-22(12-15-25(24)37-27)32-38(35,36)23-13-10-21(11-14-23)29(2,3)4/h5-15,18,32H,16-17H2,1-4H3,(H,30,33)(H,31,34). The normalized spacial score (nSPS) is 11.8. The maximum absolute atomic E-state index is 13.2. The lowest BCUT2D eigenvalue weighted by Gasteiger charge is -2.19. The van der Waals surface area contributed by atoms with Gasteiger partial charge in [-0.3, -0.25) is 14.3 Å². The molecule has 0 fully saturated rings. The third kappa shape index (κ3) is 6.23. The number of amides is 2. The van der Waals surface area contributed by atoms with Crippen LogP contribution in [0.1, 0.15) is 42.9 Å². The van der Waals surface area contributed by atoms with Gasteiger partial charge in [0, 0.05) is 41.4 Å². The minimum atomic E-state index is -3.81. The molecule has 0 bridgehead atoms. The zero-order valence-electron chi connectivity index (χ0n) is 21.8. The van der Waals surface area contributed by atoms with Crippen LogP contribution in [0.2, 0.25) is 0 Å². The first-order valence-electron chi connectivity index (χ1n) is 12.2. The zero-order chi connectivity index (χ0) is 27.5. The number of carbonyl (C=O) groups excluding carboxylic acids is 2. The van der Waals surface area contributed by atoms with Gasteiger partial charge in [-0.25, -0.2) is 8.42 Å². The summed E-state index contributed by atoms with van der Waals surface area (Å²) >= 11 is 1.34. The van der Waals surface area contributed by atoms with Crippen molar-refractivity contribution in [3.8, 4) is 11.1 Å². The van der Waals surface area contributed by atoms with Crippen molar-refractivity contribution in [1.82, 2.24) is 10.6 Å². The van der Waals surface area contributed by atoms with Gasteiger partial charge in [0.05, 0.1) is 4.90 Å². The molecule has 0 aliphatic carbocycles. The van der Waals surface area contributed by atoms with Gasteiger partial charge in [-0.2, -0.15) is 0 Å². The van der Waals surface area contributed by atoms with Crippen LogP contribution in [0, 0.1) is 0 Å². The number of thiophene rings is 1. The lowest BCUT2D eigenvalue weighted by molar-refractivity contribution is -0.118. The van der Waals surface area contributed by atoms with Crippen molar-refractivity contribution >= 4 is 48.9 Å². The number of nitrogens with one attached hydrogen (secondary N) is 3. The number of benzene rings is 3. The molecule has 3 N–H and O–H groups in total. The summed E-state index contributed by atoms with van der Waals surface area (Å²) in [5.74, 6) is -0.414. The Morgan fingerprint density at radius 1 is 0.868 bits per heavy atom. The van der Waals surface area contributed by atoms with E-state index in [1.54, 1.807) is 24.3 Å². The van der Waals surface area contributed by atoms with E-state index in [0.717, 1.165) is 26.8 Å². The molecule has 4 aromatic rings. The smallest absolute Gasteiger partial charge is 0.262 e. The van der Waals surface area contributed by atoms with Crippen LogP contribution in [0.5, 0.6) is 0 Å². The SMILES string of the molecule is CC(=O)NCCNC(=O)c1sc2ccc(NS(=O)(=O)c3ccc(C(C)(C)C)cc3)cc2c1-c1ccccc1. The Kier molecular flexibility index (Phi) is 7.89. The molecule has 38 heavy (non-hydrogen) atoms. The molecule has 3 aromatic carbocycles. The van der Waals surface area contributed by atoms with Crippen molar-refractivity contribution in [1.29, 1.82) is 0 Å². The molecule has 0 saturated carbocycles. The van der Waals surface area contributed by atoms with E-state index >= 15 is 0 Å². The third-order valence-corrected chi connectivity index (χ3v) is 8.59. The van der Waals surface area contributed by atoms with E-state index in [1.165, 1.54) is 18.3 Å². The molecule has 7 nitrogen and oxygen atoms in total. The number of sulfonamides is 1. The van der Waals surface area contributed by atoms with Gasteiger partial charge in [-0.15, -0.1) is 11.3 Å². The molecule has 0 spiro atoms. The van der Waals surface area contributed by atoms with Gasteiger partial charge >= 0.3 is 0 Å². The zero-order valence-corrected chi connectivity index (χ0v) is 23.4. The van der Waals surface area contributed by atoms with E-state index in [-0.39, 0.29) is 22.1 Å². The Morgan fingerprint density at radius 2 is 1.53 bits per heavy atom. The maximum atomic E-state index is 13.2. The highest BCUT2D eigenvalue weighted by molar-refractivity contribution is 7.92. The van der Waals surface area contributed by atoms with Crippen LogP contribution in [0.25, 0.3) is 21.2 Å². The maximum Gasteiger partial charge on any atom is 0.262 e. The Hall–Kier alpha value is -3.69. The van der Waals surface area contributed by atoms with Gasteiger partial charge in [0.2, 0.25) is 5.91 Å². The van der Waals surface area contributed by atoms with E-state index in [1.807, 2.05) is 48.5 Å². The number of hydrogen-bond acceptors (Lipinski definition) is 5. The van der Waals surface area contributed by atoms with Gasteiger partial charge < -0.3 is 10.6 Å². The molecule has 198 valence electrons. The van der Waals surface area contributed by atoms with Crippen LogP contribution in [0.4, 0.5) is 5.69 Å². The summed E-state index contributed by atoms with van der Waals surface area (Å²) in [7, 11) is -3.81. The van der Waals surface area contributed by atoms with Crippen molar-refractivity contribution < 1.29 is 18.0 Å². The highest BCUT2D eigenvalue weighted by Gasteiger charge is 2.22. The number of fused-ring (bicyclic) bond motifs is 1. The molecule has 0 aliphatic rings. The lowest BCUT2D eigenvalue weighted by atomic mass is 9.87. The van der Waals surface area contributed by atoms with Crippen LogP contribution < -0.4 is 15.4 Å². The van der Waals surface area contributed by atoms with E-state index in [9.17, 15) is 18.0 Å². The second-order valence-electron chi connectivity index (χ2n) is 10.0. The summed E-state index contributed by atoms with van der Waals surface area (Å²) in [6.45, 7) is 8.27. The van der Waals surface area contributed by atoms with Crippen LogP contribution in [0.15, 0.2) is 77.7 Å². The summed E-state index contributed by atoms with van der Waals surface area (Å²) in [6.07, 6.45) is 0. The molecule has 0 saturated heterocycles. The minimum absolute atomic E-state index is 0.0819. The largest absolute Gasteiger partial charge is 0.355 e. The van der Waals surface area contributed by atoms with Gasteiger partial charge in [-0.1, -0.05) is 63.2 Å². The molecule has 1 heterocycles. The predicted octanol–water partition coefficient (Wildman–Crippen LogP) is 5.53. The Balaban J connectivity index is 1.68. The number of hydrogen-bond donors (Lipinski definition) is 3. The summed E-state index contributed by atoms with van der Waals surface area (Å²) < 4.78 is 29.9. The predicted molar refractivity (Wildman–Crippen MR) is 154 cm³/mol. The van der Waals surface area contributed by atoms with Crippen LogP contribution in [-0.2, 0) is 20.2 Å². The second-order valence-corrected chi connectivity index (χ2v) is 12.7. The summed E-state index contributed by atoms with van der Waals surface area (Å²) in [5, 5.41) is 6.30. The average molecular weight is 550 g/mol. The van der Waals surface area contributed by atoms with E-state index < -0.39 is 10.0 Å². The fourth-order valence-electron chi connectivity index (χ4n) is 4.06. The van der Waals surface area contributed by atoms with Gasteiger partial charge in [-0.05, 0) is 46.9 Å². The Morgan fingerprint density at radius 3 is 2.16 bits per heavy atom. The molecule has 0 radical (unpaired) electrons. The van der Waals surface area contributed by atoms with Crippen LogP contribution in [0.3, 0.4) is 0 Å². The summed E-state index contributed by atoms with van der Waals surface area (Å²) in [5.41, 5.74) is 2.96. The number of carbonyl (C=O) groups is 2. The average Bonchev–Trinajstić information content (AvgIpc) is 3.25. The molecule has 0 aliphatic heterocycles. The van der Waals surface area contributed by atoms with Gasteiger partial charge in [0.15, 0.2) is 0 Å². The Bertz CT molecular complexity index is 1570. The quantitative estimate of drug-likeness (QED) is 0.251. The molecule has 4 rings (SSSR count). The lowest BCUT2D eigenvalue weighted by Crippen LogP contribution is -2.33. The van der Waals surface area contributed by atoms with Crippen molar-refractivity contribution in [2.45, 2.75) is 38.0 Å². The topological polar surface area (TPSA) is 104 Å². The van der Waals surface area contributed by atoms with Gasteiger partial charge in [0.25, 0.3) is 15.9 Å². The van der Waals surface area contributed by atoms with E-state index in [4.69, 9.17) is 0 Å². The van der Waals surface area contributed by atoms with E-state index in [0.29, 0.717) is 23.7 Å². The molecular formula is C29H31N3O4S2. The highest BCUT2D eigenvalue weighted by Crippen LogP contribution is 2.40. The van der Waals surface area contributed by atoms with Crippen LogP contribution in [-0.4, -0.2) is 33.3 Å². The monoisotopic (exact) mass is 549 g/mol. The minimum Gasteiger partial charge on any atom is -0.355 e. The first-order chi connectivity index (χ1) is 18.0. The fourth-order valence-corrected chi connectivity index (χ4v) is 6.23. The van der Waals surface area contributed by atoms with Gasteiger partial charge in [0.1, 0.15) is 4.88 Å². The molecule has 2 amide bonds. The molecular weight excluding hydrogens is 518 g/mol. The summed E-state index contributed by atoms with van der Waals surface area (Å²) in [4.78, 5) is 24.9. The highest BCUT2D eigenvalue weighted by atomic mass is 32.2.